The van der Waals surface area contributed by atoms with Crippen molar-refractivity contribution in [2.75, 3.05) is 0 Å². The minimum atomic E-state index is -0.630. The van der Waals surface area contributed by atoms with E-state index in [1.165, 1.54) is 0 Å². The summed E-state index contributed by atoms with van der Waals surface area (Å²) in [4.78, 5) is 11.2. The Morgan fingerprint density at radius 1 is 1.62 bits per heavy atom. The zero-order valence-electron chi connectivity index (χ0n) is 8.56. The van der Waals surface area contributed by atoms with Gasteiger partial charge >= 0.3 is 0 Å². The van der Waals surface area contributed by atoms with Crippen molar-refractivity contribution in [3.05, 3.63) is 29.3 Å². The Kier molecular flexibility index (Phi) is 2.80. The van der Waals surface area contributed by atoms with Crippen LogP contribution in [0.1, 0.15) is 17.5 Å². The Hall–Kier alpha value is -1.99. The van der Waals surface area contributed by atoms with Gasteiger partial charge in [-0.1, -0.05) is 5.92 Å². The normalized spacial score (nSPS) is 17.9. The smallest absolute Gasteiger partial charge is 0.284 e. The summed E-state index contributed by atoms with van der Waals surface area (Å²) in [6.07, 6.45) is 5.91. The highest BCUT2D eigenvalue weighted by Crippen LogP contribution is 2.28. The van der Waals surface area contributed by atoms with E-state index in [4.69, 9.17) is 16.4 Å². The predicted octanol–water partition coefficient (Wildman–Crippen LogP) is 0.867. The maximum atomic E-state index is 11.2. The molecule has 4 heteroatoms. The van der Waals surface area contributed by atoms with Crippen molar-refractivity contribution in [3.63, 3.8) is 0 Å². The van der Waals surface area contributed by atoms with Gasteiger partial charge in [-0.25, -0.2) is 5.48 Å². The molecule has 82 valence electrons. The minimum absolute atomic E-state index is 0.522. The molecule has 2 rings (SSSR count). The number of hydroxylamine groups is 1. The van der Waals surface area contributed by atoms with E-state index in [9.17, 15) is 4.79 Å². The number of fused-ring (bicyclic) bond motifs is 1. The van der Waals surface area contributed by atoms with Crippen LogP contribution in [0, 0.1) is 12.3 Å². The van der Waals surface area contributed by atoms with Crippen molar-refractivity contribution in [3.8, 4) is 18.1 Å². The SMILES string of the molecule is C#Cc1ccc2c(c1)CCC(C(=O)NO)O2. The first kappa shape index (κ1) is 10.5. The first-order valence-electron chi connectivity index (χ1n) is 4.94. The van der Waals surface area contributed by atoms with Crippen LogP contribution in [0.15, 0.2) is 18.2 Å². The molecule has 0 fully saturated rings. The largest absolute Gasteiger partial charge is 0.480 e. The molecular weight excluding hydrogens is 206 g/mol. The van der Waals surface area contributed by atoms with Crippen molar-refractivity contribution in [1.82, 2.24) is 5.48 Å². The molecule has 1 aromatic carbocycles. The number of ether oxygens (including phenoxy) is 1. The monoisotopic (exact) mass is 217 g/mol. The Bertz CT molecular complexity index is 462. The van der Waals surface area contributed by atoms with Crippen molar-refractivity contribution < 1.29 is 14.7 Å². The number of amides is 1. The Balaban J connectivity index is 2.23. The summed E-state index contributed by atoms with van der Waals surface area (Å²) in [5, 5.41) is 8.51. The van der Waals surface area contributed by atoms with Crippen LogP contribution in [0.25, 0.3) is 0 Å². The fraction of sp³-hybridized carbons (Fsp3) is 0.250. The second-order valence-electron chi connectivity index (χ2n) is 3.59. The summed E-state index contributed by atoms with van der Waals surface area (Å²) in [5.41, 5.74) is 3.39. The molecule has 2 N–H and O–H groups in total. The van der Waals surface area contributed by atoms with E-state index < -0.39 is 12.0 Å². The number of rotatable bonds is 1. The maximum absolute atomic E-state index is 11.2. The zero-order chi connectivity index (χ0) is 11.5. The predicted molar refractivity (Wildman–Crippen MR) is 57.0 cm³/mol. The molecule has 1 amide bonds. The highest BCUT2D eigenvalue weighted by atomic mass is 16.5. The van der Waals surface area contributed by atoms with Gasteiger partial charge < -0.3 is 4.74 Å². The molecule has 1 aliphatic rings. The zero-order valence-corrected chi connectivity index (χ0v) is 8.56. The van der Waals surface area contributed by atoms with Crippen molar-refractivity contribution in [2.45, 2.75) is 18.9 Å². The lowest BCUT2D eigenvalue weighted by molar-refractivity contribution is -0.137. The second kappa shape index (κ2) is 4.25. The lowest BCUT2D eigenvalue weighted by Gasteiger charge is -2.24. The first-order chi connectivity index (χ1) is 7.74. The Labute approximate surface area is 93.2 Å². The van der Waals surface area contributed by atoms with Gasteiger partial charge in [0, 0.05) is 5.56 Å². The van der Waals surface area contributed by atoms with Crippen molar-refractivity contribution in [2.24, 2.45) is 0 Å². The molecule has 1 unspecified atom stereocenters. The van der Waals surface area contributed by atoms with Gasteiger partial charge in [0.05, 0.1) is 0 Å². The molecule has 16 heavy (non-hydrogen) atoms. The van der Waals surface area contributed by atoms with Crippen LogP contribution in [0.4, 0.5) is 0 Å². The summed E-state index contributed by atoms with van der Waals surface area (Å²) in [6, 6.07) is 5.39. The first-order valence-corrected chi connectivity index (χ1v) is 4.94. The van der Waals surface area contributed by atoms with Crippen LogP contribution >= 0.6 is 0 Å². The minimum Gasteiger partial charge on any atom is -0.480 e. The van der Waals surface area contributed by atoms with E-state index in [2.05, 4.69) is 5.92 Å². The van der Waals surface area contributed by atoms with E-state index in [1.807, 2.05) is 6.07 Å². The van der Waals surface area contributed by atoms with Gasteiger partial charge in [-0.05, 0) is 36.6 Å². The molecule has 0 saturated heterocycles. The van der Waals surface area contributed by atoms with Crippen LogP contribution in [-0.4, -0.2) is 17.2 Å². The van der Waals surface area contributed by atoms with Gasteiger partial charge in [0.2, 0.25) is 0 Å². The molecular formula is C12H11NO3. The van der Waals surface area contributed by atoms with Crippen LogP contribution in [0.3, 0.4) is 0 Å². The summed E-state index contributed by atoms with van der Waals surface area (Å²) in [6.45, 7) is 0. The second-order valence-corrected chi connectivity index (χ2v) is 3.59. The molecule has 1 atom stereocenters. The molecule has 1 aromatic rings. The molecule has 0 bridgehead atoms. The fourth-order valence-electron chi connectivity index (χ4n) is 1.73. The standard InChI is InChI=1S/C12H11NO3/c1-2-8-3-5-10-9(7-8)4-6-11(16-10)12(14)13-15/h1,3,5,7,11,15H,4,6H2,(H,13,14). The van der Waals surface area contributed by atoms with E-state index in [0.29, 0.717) is 18.6 Å². The van der Waals surface area contributed by atoms with Crippen LogP contribution in [0.5, 0.6) is 5.75 Å². The molecule has 1 aliphatic heterocycles. The molecule has 0 spiro atoms. The Morgan fingerprint density at radius 3 is 3.12 bits per heavy atom. The molecule has 1 heterocycles. The van der Waals surface area contributed by atoms with E-state index in [0.717, 1.165) is 11.1 Å². The molecule has 0 aromatic heterocycles. The number of carbonyl (C=O) groups excluding carboxylic acids is 1. The van der Waals surface area contributed by atoms with Crippen molar-refractivity contribution in [1.29, 1.82) is 0 Å². The summed E-state index contributed by atoms with van der Waals surface area (Å²) >= 11 is 0. The van der Waals surface area contributed by atoms with Gasteiger partial charge in [-0.3, -0.25) is 10.0 Å². The van der Waals surface area contributed by atoms with Crippen LogP contribution in [-0.2, 0) is 11.2 Å². The van der Waals surface area contributed by atoms with Crippen molar-refractivity contribution >= 4 is 5.91 Å². The van der Waals surface area contributed by atoms with E-state index in [1.54, 1.807) is 17.6 Å². The quantitative estimate of drug-likeness (QED) is 0.417. The topological polar surface area (TPSA) is 58.6 Å². The molecule has 0 radical (unpaired) electrons. The van der Waals surface area contributed by atoms with E-state index in [-0.39, 0.29) is 0 Å². The van der Waals surface area contributed by atoms with Gasteiger partial charge in [-0.2, -0.15) is 0 Å². The third kappa shape index (κ3) is 1.86. The fourth-order valence-corrected chi connectivity index (χ4v) is 1.73. The van der Waals surface area contributed by atoms with Gasteiger partial charge in [0.25, 0.3) is 5.91 Å². The number of terminal acetylenes is 1. The van der Waals surface area contributed by atoms with Crippen LogP contribution < -0.4 is 10.2 Å². The lowest BCUT2D eigenvalue weighted by atomic mass is 10.00. The highest BCUT2D eigenvalue weighted by molar-refractivity contribution is 5.80. The van der Waals surface area contributed by atoms with Gasteiger partial charge in [0.1, 0.15) is 5.75 Å². The highest BCUT2D eigenvalue weighted by Gasteiger charge is 2.25. The maximum Gasteiger partial charge on any atom is 0.284 e. The number of aryl methyl sites for hydroxylation is 1. The molecule has 0 aliphatic carbocycles. The average Bonchev–Trinajstić information content (AvgIpc) is 2.36. The summed E-state index contributed by atoms with van der Waals surface area (Å²) in [7, 11) is 0. The number of carbonyl (C=O) groups is 1. The molecule has 4 nitrogen and oxygen atoms in total. The Morgan fingerprint density at radius 2 is 2.44 bits per heavy atom. The van der Waals surface area contributed by atoms with E-state index >= 15 is 0 Å². The summed E-state index contributed by atoms with van der Waals surface area (Å²) < 4.78 is 5.44. The van der Waals surface area contributed by atoms with Gasteiger partial charge in [0.15, 0.2) is 6.10 Å². The summed E-state index contributed by atoms with van der Waals surface area (Å²) in [5.74, 6) is 2.68. The van der Waals surface area contributed by atoms with Gasteiger partial charge in [-0.15, -0.1) is 6.42 Å². The number of hydrogen-bond acceptors (Lipinski definition) is 3. The lowest BCUT2D eigenvalue weighted by Crippen LogP contribution is -2.38. The average molecular weight is 217 g/mol. The third-order valence-electron chi connectivity index (χ3n) is 2.57. The third-order valence-corrected chi connectivity index (χ3v) is 2.57. The number of hydrogen-bond donors (Lipinski definition) is 2. The van der Waals surface area contributed by atoms with Crippen LogP contribution in [0.2, 0.25) is 0 Å². The molecule has 0 saturated carbocycles. The number of benzene rings is 1. The number of nitrogens with one attached hydrogen (secondary N) is 1.